The summed E-state index contributed by atoms with van der Waals surface area (Å²) in [7, 11) is 0. The minimum Gasteiger partial charge on any atom is -0.379 e. The SMILES string of the molecule is NC1COCC1C(=O)N1CCc2ccccc2CC1. The highest BCUT2D eigenvalue weighted by molar-refractivity contribution is 5.80. The van der Waals surface area contributed by atoms with Crippen molar-refractivity contribution in [2.75, 3.05) is 26.3 Å². The number of hydrogen-bond acceptors (Lipinski definition) is 3. The first-order valence-corrected chi connectivity index (χ1v) is 6.94. The van der Waals surface area contributed by atoms with Gasteiger partial charge in [0.25, 0.3) is 0 Å². The predicted octanol–water partition coefficient (Wildman–Crippen LogP) is 0.588. The van der Waals surface area contributed by atoms with Gasteiger partial charge < -0.3 is 15.4 Å². The van der Waals surface area contributed by atoms with E-state index < -0.39 is 0 Å². The van der Waals surface area contributed by atoms with Crippen LogP contribution in [-0.4, -0.2) is 43.2 Å². The van der Waals surface area contributed by atoms with Gasteiger partial charge in [0.1, 0.15) is 0 Å². The molecule has 2 N–H and O–H groups in total. The second kappa shape index (κ2) is 5.31. The molecule has 1 amide bonds. The first-order chi connectivity index (χ1) is 9.25. The normalized spacial score (nSPS) is 26.9. The molecule has 3 rings (SSSR count). The lowest BCUT2D eigenvalue weighted by Crippen LogP contribution is -2.44. The van der Waals surface area contributed by atoms with Gasteiger partial charge in [0, 0.05) is 19.1 Å². The van der Waals surface area contributed by atoms with Gasteiger partial charge in [0.05, 0.1) is 19.1 Å². The molecule has 1 aromatic carbocycles. The van der Waals surface area contributed by atoms with E-state index in [1.807, 2.05) is 4.90 Å². The van der Waals surface area contributed by atoms with Gasteiger partial charge in [-0.05, 0) is 24.0 Å². The van der Waals surface area contributed by atoms with Crippen molar-refractivity contribution in [2.45, 2.75) is 18.9 Å². The maximum atomic E-state index is 12.5. The Morgan fingerprint density at radius 1 is 1.16 bits per heavy atom. The van der Waals surface area contributed by atoms with Gasteiger partial charge in [0.15, 0.2) is 0 Å². The molecule has 102 valence electrons. The zero-order valence-corrected chi connectivity index (χ0v) is 11.0. The van der Waals surface area contributed by atoms with Crippen LogP contribution in [0.3, 0.4) is 0 Å². The third-order valence-corrected chi connectivity index (χ3v) is 4.17. The summed E-state index contributed by atoms with van der Waals surface area (Å²) in [4.78, 5) is 14.4. The molecule has 2 unspecified atom stereocenters. The lowest BCUT2D eigenvalue weighted by molar-refractivity contribution is -0.135. The quantitative estimate of drug-likeness (QED) is 0.804. The van der Waals surface area contributed by atoms with Crippen LogP contribution >= 0.6 is 0 Å². The molecule has 0 aliphatic carbocycles. The summed E-state index contributed by atoms with van der Waals surface area (Å²) in [5.41, 5.74) is 8.67. The summed E-state index contributed by atoms with van der Waals surface area (Å²) in [6.45, 7) is 2.56. The van der Waals surface area contributed by atoms with Crippen LogP contribution in [-0.2, 0) is 22.4 Å². The zero-order valence-electron chi connectivity index (χ0n) is 11.0. The minimum atomic E-state index is -0.152. The van der Waals surface area contributed by atoms with Crippen molar-refractivity contribution in [2.24, 2.45) is 11.7 Å². The fourth-order valence-electron chi connectivity index (χ4n) is 2.95. The van der Waals surface area contributed by atoms with Crippen molar-refractivity contribution in [3.8, 4) is 0 Å². The van der Waals surface area contributed by atoms with Crippen LogP contribution < -0.4 is 5.73 Å². The molecule has 4 nitrogen and oxygen atoms in total. The number of nitrogens with two attached hydrogens (primary N) is 1. The number of carbonyl (C=O) groups excluding carboxylic acids is 1. The standard InChI is InChI=1S/C15H20N2O2/c16-14-10-19-9-13(14)15(18)17-7-5-11-3-1-2-4-12(11)6-8-17/h1-4,13-14H,5-10,16H2. The van der Waals surface area contributed by atoms with Crippen LogP contribution in [0.4, 0.5) is 0 Å². The van der Waals surface area contributed by atoms with E-state index in [1.165, 1.54) is 11.1 Å². The number of ether oxygens (including phenoxy) is 1. The lowest BCUT2D eigenvalue weighted by Gasteiger charge is -2.24. The molecular formula is C15H20N2O2. The molecule has 0 saturated carbocycles. The molecule has 1 aromatic rings. The Hall–Kier alpha value is -1.39. The van der Waals surface area contributed by atoms with E-state index in [-0.39, 0.29) is 17.9 Å². The molecule has 2 aliphatic heterocycles. The molecule has 2 atom stereocenters. The average Bonchev–Trinajstić information content (AvgIpc) is 2.74. The van der Waals surface area contributed by atoms with E-state index in [4.69, 9.17) is 10.5 Å². The largest absolute Gasteiger partial charge is 0.379 e. The molecule has 4 heteroatoms. The highest BCUT2D eigenvalue weighted by Gasteiger charge is 2.34. The van der Waals surface area contributed by atoms with Crippen molar-refractivity contribution in [1.29, 1.82) is 0 Å². The smallest absolute Gasteiger partial charge is 0.229 e. The number of fused-ring (bicyclic) bond motifs is 1. The average molecular weight is 260 g/mol. The highest BCUT2D eigenvalue weighted by atomic mass is 16.5. The van der Waals surface area contributed by atoms with E-state index in [0.29, 0.717) is 13.2 Å². The van der Waals surface area contributed by atoms with Crippen LogP contribution in [0.2, 0.25) is 0 Å². The number of amides is 1. The molecule has 19 heavy (non-hydrogen) atoms. The Kier molecular flexibility index (Phi) is 3.53. The molecule has 0 spiro atoms. The number of hydrogen-bond donors (Lipinski definition) is 1. The summed E-state index contributed by atoms with van der Waals surface area (Å²) in [6.07, 6.45) is 1.87. The fourth-order valence-corrected chi connectivity index (χ4v) is 2.95. The molecule has 2 aliphatic rings. The first kappa shape index (κ1) is 12.6. The molecule has 0 radical (unpaired) electrons. The molecule has 1 saturated heterocycles. The topological polar surface area (TPSA) is 55.6 Å². The Bertz CT molecular complexity index is 448. The van der Waals surface area contributed by atoms with Crippen molar-refractivity contribution in [1.82, 2.24) is 4.90 Å². The van der Waals surface area contributed by atoms with Gasteiger partial charge in [-0.1, -0.05) is 24.3 Å². The second-order valence-electron chi connectivity index (χ2n) is 5.40. The van der Waals surface area contributed by atoms with E-state index in [1.54, 1.807) is 0 Å². The minimum absolute atomic E-state index is 0.141. The summed E-state index contributed by atoms with van der Waals surface area (Å²) < 4.78 is 5.30. The summed E-state index contributed by atoms with van der Waals surface area (Å²) in [6, 6.07) is 8.31. The molecule has 2 heterocycles. The highest BCUT2D eigenvalue weighted by Crippen LogP contribution is 2.19. The Morgan fingerprint density at radius 3 is 2.32 bits per heavy atom. The van der Waals surface area contributed by atoms with Gasteiger partial charge in [0.2, 0.25) is 5.91 Å². The summed E-state index contributed by atoms with van der Waals surface area (Å²) in [5, 5.41) is 0. The number of rotatable bonds is 1. The van der Waals surface area contributed by atoms with Crippen molar-refractivity contribution in [3.05, 3.63) is 35.4 Å². The molecule has 0 aromatic heterocycles. The van der Waals surface area contributed by atoms with E-state index >= 15 is 0 Å². The molecule has 0 bridgehead atoms. The zero-order chi connectivity index (χ0) is 13.2. The molecular weight excluding hydrogens is 240 g/mol. The number of benzene rings is 1. The lowest BCUT2D eigenvalue weighted by atomic mass is 10.0. The third kappa shape index (κ3) is 2.51. The van der Waals surface area contributed by atoms with Gasteiger partial charge in [-0.25, -0.2) is 0 Å². The summed E-state index contributed by atoms with van der Waals surface area (Å²) >= 11 is 0. The fraction of sp³-hybridized carbons (Fsp3) is 0.533. The Balaban J connectivity index is 1.70. The van der Waals surface area contributed by atoms with Crippen LogP contribution in [0.25, 0.3) is 0 Å². The monoisotopic (exact) mass is 260 g/mol. The molecule has 1 fully saturated rings. The summed E-state index contributed by atoms with van der Waals surface area (Å²) in [5.74, 6) is 0.0130. The third-order valence-electron chi connectivity index (χ3n) is 4.17. The second-order valence-corrected chi connectivity index (χ2v) is 5.40. The van der Waals surface area contributed by atoms with Crippen LogP contribution in [0.5, 0.6) is 0 Å². The van der Waals surface area contributed by atoms with Gasteiger partial charge in [-0.3, -0.25) is 4.79 Å². The van der Waals surface area contributed by atoms with E-state index in [0.717, 1.165) is 25.9 Å². The number of carbonyl (C=O) groups is 1. The van der Waals surface area contributed by atoms with Crippen LogP contribution in [0, 0.1) is 5.92 Å². The van der Waals surface area contributed by atoms with Gasteiger partial charge in [-0.15, -0.1) is 0 Å². The maximum absolute atomic E-state index is 12.5. The number of nitrogens with zero attached hydrogens (tertiary/aromatic N) is 1. The van der Waals surface area contributed by atoms with E-state index in [9.17, 15) is 4.79 Å². The van der Waals surface area contributed by atoms with Crippen LogP contribution in [0.1, 0.15) is 11.1 Å². The Labute approximate surface area is 113 Å². The maximum Gasteiger partial charge on any atom is 0.229 e. The van der Waals surface area contributed by atoms with Crippen molar-refractivity contribution in [3.63, 3.8) is 0 Å². The first-order valence-electron chi connectivity index (χ1n) is 6.94. The Morgan fingerprint density at radius 2 is 1.79 bits per heavy atom. The van der Waals surface area contributed by atoms with Crippen molar-refractivity contribution < 1.29 is 9.53 Å². The predicted molar refractivity (Wildman–Crippen MR) is 72.7 cm³/mol. The van der Waals surface area contributed by atoms with Crippen molar-refractivity contribution >= 4 is 5.91 Å². The van der Waals surface area contributed by atoms with Crippen LogP contribution in [0.15, 0.2) is 24.3 Å². The van der Waals surface area contributed by atoms with Gasteiger partial charge >= 0.3 is 0 Å². The van der Waals surface area contributed by atoms with E-state index in [2.05, 4.69) is 24.3 Å². The van der Waals surface area contributed by atoms with Gasteiger partial charge in [-0.2, -0.15) is 0 Å².